The molecule has 0 aliphatic rings. The Kier molecular flexibility index (Phi) is 5.94. The molecule has 0 saturated carbocycles. The second-order valence-electron chi connectivity index (χ2n) is 6.12. The van der Waals surface area contributed by atoms with Crippen LogP contribution in [0.3, 0.4) is 0 Å². The van der Waals surface area contributed by atoms with Crippen molar-refractivity contribution < 1.29 is 9.90 Å². The van der Waals surface area contributed by atoms with Gasteiger partial charge in [-0.1, -0.05) is 67.6 Å². The average molecular weight is 311 g/mol. The third kappa shape index (κ3) is 4.42. The van der Waals surface area contributed by atoms with Gasteiger partial charge in [-0.05, 0) is 24.0 Å². The Balaban J connectivity index is 1.99. The molecule has 122 valence electrons. The third-order valence-corrected chi connectivity index (χ3v) is 4.45. The lowest BCUT2D eigenvalue weighted by Crippen LogP contribution is -2.39. The molecule has 2 rings (SSSR count). The predicted molar refractivity (Wildman–Crippen MR) is 93.1 cm³/mol. The molecule has 0 aliphatic heterocycles. The van der Waals surface area contributed by atoms with Gasteiger partial charge in [0.25, 0.3) is 0 Å². The van der Waals surface area contributed by atoms with Crippen molar-refractivity contribution in [2.45, 2.75) is 38.3 Å². The fourth-order valence-electron chi connectivity index (χ4n) is 2.67. The highest BCUT2D eigenvalue weighted by molar-refractivity contribution is 5.77. The second kappa shape index (κ2) is 7.93. The Morgan fingerprint density at radius 1 is 0.957 bits per heavy atom. The van der Waals surface area contributed by atoms with Crippen LogP contribution >= 0.6 is 0 Å². The van der Waals surface area contributed by atoms with Gasteiger partial charge in [-0.25, -0.2) is 0 Å². The molecular formula is C20H25NO2. The van der Waals surface area contributed by atoms with E-state index in [-0.39, 0.29) is 17.9 Å². The first-order valence-electron chi connectivity index (χ1n) is 8.04. The molecule has 1 amide bonds. The van der Waals surface area contributed by atoms with Crippen LogP contribution in [0.5, 0.6) is 0 Å². The summed E-state index contributed by atoms with van der Waals surface area (Å²) in [6.07, 6.45) is -0.246. The van der Waals surface area contributed by atoms with Gasteiger partial charge in [0.2, 0.25) is 5.91 Å². The first kappa shape index (κ1) is 17.2. The minimum absolute atomic E-state index is 0.0452. The molecule has 23 heavy (non-hydrogen) atoms. The summed E-state index contributed by atoms with van der Waals surface area (Å²) < 4.78 is 0. The van der Waals surface area contributed by atoms with Crippen molar-refractivity contribution in [3.05, 3.63) is 71.8 Å². The zero-order valence-electron chi connectivity index (χ0n) is 14.0. The molecule has 1 unspecified atom stereocenters. The van der Waals surface area contributed by atoms with Crippen molar-refractivity contribution in [3.63, 3.8) is 0 Å². The van der Waals surface area contributed by atoms with E-state index in [1.807, 2.05) is 67.6 Å². The molecule has 0 radical (unpaired) electrons. The zero-order chi connectivity index (χ0) is 16.8. The fourth-order valence-corrected chi connectivity index (χ4v) is 2.67. The topological polar surface area (TPSA) is 40.5 Å². The molecule has 0 aromatic heterocycles. The van der Waals surface area contributed by atoms with E-state index in [4.69, 9.17) is 0 Å². The van der Waals surface area contributed by atoms with Crippen molar-refractivity contribution in [2.75, 3.05) is 7.05 Å². The number of amides is 1. The van der Waals surface area contributed by atoms with Crippen LogP contribution in [0.25, 0.3) is 0 Å². The molecule has 3 nitrogen and oxygen atoms in total. The summed E-state index contributed by atoms with van der Waals surface area (Å²) in [6, 6.07) is 19.2. The van der Waals surface area contributed by atoms with Crippen LogP contribution in [0, 0.1) is 0 Å². The number of rotatable bonds is 6. The van der Waals surface area contributed by atoms with Gasteiger partial charge in [0.1, 0.15) is 0 Å². The van der Waals surface area contributed by atoms with E-state index >= 15 is 0 Å². The SMILES string of the molecule is CC(CC(=O)N(C)[C@@H](C)[C@H](O)c1ccccc1)c1ccccc1. The van der Waals surface area contributed by atoms with E-state index in [0.29, 0.717) is 6.42 Å². The summed E-state index contributed by atoms with van der Waals surface area (Å²) in [4.78, 5) is 14.2. The Morgan fingerprint density at radius 2 is 1.43 bits per heavy atom. The molecule has 2 aromatic carbocycles. The molecule has 0 aliphatic carbocycles. The first-order valence-corrected chi connectivity index (χ1v) is 8.04. The van der Waals surface area contributed by atoms with Crippen molar-refractivity contribution in [1.82, 2.24) is 4.90 Å². The number of likely N-dealkylation sites (N-methyl/N-ethyl adjacent to an activating group) is 1. The van der Waals surface area contributed by atoms with Crippen molar-refractivity contribution in [3.8, 4) is 0 Å². The Labute approximate surface area is 138 Å². The minimum atomic E-state index is -0.683. The normalized spacial score (nSPS) is 14.8. The second-order valence-corrected chi connectivity index (χ2v) is 6.12. The maximum atomic E-state index is 12.5. The van der Waals surface area contributed by atoms with Crippen molar-refractivity contribution in [1.29, 1.82) is 0 Å². The van der Waals surface area contributed by atoms with Crippen LogP contribution in [-0.2, 0) is 4.79 Å². The highest BCUT2D eigenvalue weighted by atomic mass is 16.3. The smallest absolute Gasteiger partial charge is 0.223 e. The first-order chi connectivity index (χ1) is 11.0. The maximum Gasteiger partial charge on any atom is 0.223 e. The fraction of sp³-hybridized carbons (Fsp3) is 0.350. The molecule has 0 saturated heterocycles. The number of carbonyl (C=O) groups is 1. The standard InChI is InChI=1S/C20H25NO2/c1-15(17-10-6-4-7-11-17)14-19(22)21(3)16(2)20(23)18-12-8-5-9-13-18/h4-13,15-16,20,23H,14H2,1-3H3/t15?,16-,20-/m0/s1. The number of nitrogens with zero attached hydrogens (tertiary/aromatic N) is 1. The third-order valence-electron chi connectivity index (χ3n) is 4.45. The van der Waals surface area contributed by atoms with Gasteiger partial charge in [0, 0.05) is 13.5 Å². The van der Waals surface area contributed by atoms with E-state index in [0.717, 1.165) is 11.1 Å². The largest absolute Gasteiger partial charge is 0.386 e. The molecule has 2 aromatic rings. The zero-order valence-corrected chi connectivity index (χ0v) is 14.0. The van der Waals surface area contributed by atoms with E-state index in [9.17, 15) is 9.90 Å². The van der Waals surface area contributed by atoms with Crippen molar-refractivity contribution >= 4 is 5.91 Å². The van der Waals surface area contributed by atoms with E-state index in [1.165, 1.54) is 0 Å². The lowest BCUT2D eigenvalue weighted by Gasteiger charge is -2.30. The predicted octanol–water partition coefficient (Wildman–Crippen LogP) is 3.76. The Morgan fingerprint density at radius 3 is 1.96 bits per heavy atom. The Hall–Kier alpha value is -2.13. The van der Waals surface area contributed by atoms with Gasteiger partial charge in [0.05, 0.1) is 12.1 Å². The maximum absolute atomic E-state index is 12.5. The number of aliphatic hydroxyl groups is 1. The molecule has 0 bridgehead atoms. The average Bonchev–Trinajstić information content (AvgIpc) is 2.61. The summed E-state index contributed by atoms with van der Waals surface area (Å²) in [5.74, 6) is 0.205. The van der Waals surface area contributed by atoms with Crippen LogP contribution in [-0.4, -0.2) is 29.0 Å². The van der Waals surface area contributed by atoms with Crippen LogP contribution in [0.1, 0.15) is 43.4 Å². The Bertz CT molecular complexity index is 612. The van der Waals surface area contributed by atoms with E-state index < -0.39 is 6.10 Å². The highest BCUT2D eigenvalue weighted by Crippen LogP contribution is 2.23. The summed E-state index contributed by atoms with van der Waals surface area (Å²) in [5, 5.41) is 10.5. The van der Waals surface area contributed by atoms with Gasteiger partial charge in [-0.3, -0.25) is 4.79 Å². The van der Waals surface area contributed by atoms with Gasteiger partial charge in [-0.2, -0.15) is 0 Å². The van der Waals surface area contributed by atoms with E-state index in [2.05, 4.69) is 6.92 Å². The van der Waals surface area contributed by atoms with Crippen LogP contribution in [0.4, 0.5) is 0 Å². The van der Waals surface area contributed by atoms with Crippen molar-refractivity contribution in [2.24, 2.45) is 0 Å². The monoisotopic (exact) mass is 311 g/mol. The number of hydrogen-bond donors (Lipinski definition) is 1. The minimum Gasteiger partial charge on any atom is -0.386 e. The summed E-state index contributed by atoms with van der Waals surface area (Å²) in [6.45, 7) is 3.93. The van der Waals surface area contributed by atoms with Gasteiger partial charge in [-0.15, -0.1) is 0 Å². The number of carbonyl (C=O) groups excluding carboxylic acids is 1. The van der Waals surface area contributed by atoms with E-state index in [1.54, 1.807) is 11.9 Å². The molecule has 3 atom stereocenters. The molecule has 1 N–H and O–H groups in total. The quantitative estimate of drug-likeness (QED) is 0.882. The van der Waals surface area contributed by atoms with Gasteiger partial charge >= 0.3 is 0 Å². The molecule has 3 heteroatoms. The highest BCUT2D eigenvalue weighted by Gasteiger charge is 2.25. The molecular weight excluding hydrogens is 286 g/mol. The lowest BCUT2D eigenvalue weighted by molar-refractivity contribution is -0.134. The van der Waals surface area contributed by atoms with Gasteiger partial charge < -0.3 is 10.0 Å². The lowest BCUT2D eigenvalue weighted by atomic mass is 9.96. The number of hydrogen-bond acceptors (Lipinski definition) is 2. The van der Waals surface area contributed by atoms with Crippen LogP contribution < -0.4 is 0 Å². The molecule has 0 heterocycles. The summed E-state index contributed by atoms with van der Waals surface area (Å²) in [5.41, 5.74) is 1.99. The summed E-state index contributed by atoms with van der Waals surface area (Å²) >= 11 is 0. The van der Waals surface area contributed by atoms with Crippen LogP contribution in [0.2, 0.25) is 0 Å². The van der Waals surface area contributed by atoms with Crippen LogP contribution in [0.15, 0.2) is 60.7 Å². The molecule has 0 spiro atoms. The number of aliphatic hydroxyl groups excluding tert-OH is 1. The van der Waals surface area contributed by atoms with Gasteiger partial charge in [0.15, 0.2) is 0 Å². The summed E-state index contributed by atoms with van der Waals surface area (Å²) in [7, 11) is 1.76. The number of benzene rings is 2. The molecule has 0 fully saturated rings.